The van der Waals surface area contributed by atoms with Crippen molar-refractivity contribution in [2.45, 2.75) is 89.8 Å². The second-order valence-corrected chi connectivity index (χ2v) is 9.62. The Balaban J connectivity index is 1.46. The third kappa shape index (κ3) is 4.29. The van der Waals surface area contributed by atoms with Gasteiger partial charge in [0.05, 0.1) is 12.6 Å². The average molecular weight is 437 g/mol. The van der Waals surface area contributed by atoms with Crippen molar-refractivity contribution in [2.24, 2.45) is 0 Å². The Morgan fingerprint density at radius 1 is 0.969 bits per heavy atom. The Kier molecular flexibility index (Phi) is 6.22. The fourth-order valence-electron chi connectivity index (χ4n) is 5.78. The molecule has 0 bridgehead atoms. The molecule has 0 spiro atoms. The highest BCUT2D eigenvalue weighted by Gasteiger charge is 2.36. The van der Waals surface area contributed by atoms with Crippen LogP contribution >= 0.6 is 0 Å². The predicted molar refractivity (Wildman–Crippen MR) is 123 cm³/mol. The standard InChI is InChI=1S/C26H33FN4O/c1-18-22-14-15-24(32)31(17-19-10-12-20(27)13-11-19)26(22)29-25(28-18)23-9-6-16-30(23)21-7-4-2-3-5-8-21/h10-13,21,23H,2-9,14-17H2,1H3/t23-/m0/s1. The van der Waals surface area contributed by atoms with Gasteiger partial charge >= 0.3 is 0 Å². The minimum absolute atomic E-state index is 0.0814. The molecule has 1 aliphatic carbocycles. The lowest BCUT2D eigenvalue weighted by Crippen LogP contribution is -2.38. The molecule has 3 aliphatic rings. The number of halogens is 1. The number of fused-ring (bicyclic) bond motifs is 1. The van der Waals surface area contributed by atoms with Crippen molar-refractivity contribution in [3.05, 3.63) is 52.7 Å². The van der Waals surface area contributed by atoms with Gasteiger partial charge in [0.1, 0.15) is 17.5 Å². The zero-order valence-electron chi connectivity index (χ0n) is 19.0. The summed E-state index contributed by atoms with van der Waals surface area (Å²) >= 11 is 0. The zero-order chi connectivity index (χ0) is 22.1. The molecule has 2 aromatic rings. The van der Waals surface area contributed by atoms with Crippen molar-refractivity contribution in [1.82, 2.24) is 14.9 Å². The van der Waals surface area contributed by atoms with Crippen molar-refractivity contribution in [1.29, 1.82) is 0 Å². The third-order valence-electron chi connectivity index (χ3n) is 7.49. The molecule has 6 heteroatoms. The molecule has 0 unspecified atom stereocenters. The van der Waals surface area contributed by atoms with Crippen molar-refractivity contribution >= 4 is 11.7 Å². The molecule has 2 fully saturated rings. The van der Waals surface area contributed by atoms with Gasteiger partial charge < -0.3 is 0 Å². The van der Waals surface area contributed by atoms with Gasteiger partial charge in [-0.2, -0.15) is 0 Å². The molecule has 0 radical (unpaired) electrons. The van der Waals surface area contributed by atoms with Crippen LogP contribution in [-0.4, -0.2) is 33.4 Å². The number of hydrogen-bond donors (Lipinski definition) is 0. The lowest BCUT2D eigenvalue weighted by atomic mass is 10.0. The van der Waals surface area contributed by atoms with Crippen LogP contribution in [0.25, 0.3) is 0 Å². The van der Waals surface area contributed by atoms with Crippen LogP contribution in [0.4, 0.5) is 10.2 Å². The molecule has 1 aromatic carbocycles. The normalized spacial score (nSPS) is 22.8. The van der Waals surface area contributed by atoms with E-state index in [0.717, 1.165) is 41.4 Å². The molecule has 1 saturated heterocycles. The van der Waals surface area contributed by atoms with E-state index in [1.165, 1.54) is 57.1 Å². The number of amides is 1. The molecular formula is C26H33FN4O. The van der Waals surface area contributed by atoms with Crippen molar-refractivity contribution in [3.8, 4) is 0 Å². The second kappa shape index (κ2) is 9.26. The van der Waals surface area contributed by atoms with Gasteiger partial charge in [-0.3, -0.25) is 14.6 Å². The Morgan fingerprint density at radius 3 is 2.47 bits per heavy atom. The zero-order valence-corrected chi connectivity index (χ0v) is 19.0. The molecule has 0 N–H and O–H groups in total. The minimum Gasteiger partial charge on any atom is -0.292 e. The van der Waals surface area contributed by atoms with Gasteiger partial charge in [-0.05, 0) is 63.3 Å². The van der Waals surface area contributed by atoms with E-state index in [1.54, 1.807) is 17.0 Å². The smallest absolute Gasteiger partial charge is 0.228 e. The number of hydrogen-bond acceptors (Lipinski definition) is 4. The highest BCUT2D eigenvalue weighted by Crippen LogP contribution is 2.38. The molecule has 2 aliphatic heterocycles. The summed E-state index contributed by atoms with van der Waals surface area (Å²) in [6.45, 7) is 3.59. The number of carbonyl (C=O) groups excluding carboxylic acids is 1. The Bertz CT molecular complexity index is 969. The van der Waals surface area contributed by atoms with Crippen molar-refractivity contribution in [3.63, 3.8) is 0 Å². The quantitative estimate of drug-likeness (QED) is 0.613. The van der Waals surface area contributed by atoms with Gasteiger partial charge in [-0.25, -0.2) is 14.4 Å². The van der Waals surface area contributed by atoms with E-state index in [2.05, 4.69) is 11.8 Å². The first-order valence-corrected chi connectivity index (χ1v) is 12.3. The van der Waals surface area contributed by atoms with Gasteiger partial charge in [0, 0.05) is 23.7 Å². The molecule has 1 saturated carbocycles. The topological polar surface area (TPSA) is 49.3 Å². The van der Waals surface area contributed by atoms with E-state index < -0.39 is 0 Å². The number of anilines is 1. The van der Waals surface area contributed by atoms with Crippen LogP contribution in [0.2, 0.25) is 0 Å². The molecule has 1 aromatic heterocycles. The average Bonchev–Trinajstić information content (AvgIpc) is 3.12. The lowest BCUT2D eigenvalue weighted by molar-refractivity contribution is -0.119. The fraction of sp³-hybridized carbons (Fsp3) is 0.577. The molecule has 3 heterocycles. The molecule has 170 valence electrons. The number of nitrogens with zero attached hydrogens (tertiary/aromatic N) is 4. The van der Waals surface area contributed by atoms with E-state index in [1.807, 2.05) is 0 Å². The van der Waals surface area contributed by atoms with E-state index in [-0.39, 0.29) is 17.8 Å². The first-order chi connectivity index (χ1) is 15.6. The maximum atomic E-state index is 13.4. The SMILES string of the molecule is Cc1nc([C@@H]2CCCN2C2CCCCCC2)nc2c1CCC(=O)N2Cc1ccc(F)cc1. The third-order valence-corrected chi connectivity index (χ3v) is 7.49. The Morgan fingerprint density at radius 2 is 1.72 bits per heavy atom. The van der Waals surface area contributed by atoms with Gasteiger partial charge in [-0.15, -0.1) is 0 Å². The summed E-state index contributed by atoms with van der Waals surface area (Å²) < 4.78 is 13.4. The van der Waals surface area contributed by atoms with E-state index in [0.29, 0.717) is 25.4 Å². The van der Waals surface area contributed by atoms with E-state index in [4.69, 9.17) is 9.97 Å². The van der Waals surface area contributed by atoms with Crippen LogP contribution in [0.1, 0.15) is 86.5 Å². The van der Waals surface area contributed by atoms with Crippen LogP contribution in [0.5, 0.6) is 0 Å². The molecule has 1 amide bonds. The van der Waals surface area contributed by atoms with Crippen LogP contribution in [0.15, 0.2) is 24.3 Å². The van der Waals surface area contributed by atoms with Crippen LogP contribution in [-0.2, 0) is 17.8 Å². The van der Waals surface area contributed by atoms with Crippen molar-refractivity contribution in [2.75, 3.05) is 11.4 Å². The number of rotatable bonds is 4. The second-order valence-electron chi connectivity index (χ2n) is 9.62. The highest BCUT2D eigenvalue weighted by molar-refractivity contribution is 5.95. The summed E-state index contributed by atoms with van der Waals surface area (Å²) in [4.78, 5) is 27.4. The number of aromatic nitrogens is 2. The summed E-state index contributed by atoms with van der Waals surface area (Å²) in [7, 11) is 0. The predicted octanol–water partition coefficient (Wildman–Crippen LogP) is 5.26. The molecule has 5 nitrogen and oxygen atoms in total. The van der Waals surface area contributed by atoms with Crippen LogP contribution < -0.4 is 4.90 Å². The monoisotopic (exact) mass is 436 g/mol. The Hall–Kier alpha value is -2.34. The number of benzene rings is 1. The Labute approximate surface area is 190 Å². The fourth-order valence-corrected chi connectivity index (χ4v) is 5.78. The van der Waals surface area contributed by atoms with Gasteiger partial charge in [0.2, 0.25) is 5.91 Å². The van der Waals surface area contributed by atoms with Crippen LogP contribution in [0, 0.1) is 12.7 Å². The highest BCUT2D eigenvalue weighted by atomic mass is 19.1. The summed E-state index contributed by atoms with van der Waals surface area (Å²) in [6.07, 6.45) is 11.3. The maximum absolute atomic E-state index is 13.4. The maximum Gasteiger partial charge on any atom is 0.228 e. The largest absolute Gasteiger partial charge is 0.292 e. The number of aryl methyl sites for hydroxylation is 1. The lowest BCUT2D eigenvalue weighted by Gasteiger charge is -2.34. The molecule has 1 atom stereocenters. The summed E-state index contributed by atoms with van der Waals surface area (Å²) in [6, 6.07) is 7.26. The first-order valence-electron chi connectivity index (χ1n) is 12.3. The summed E-state index contributed by atoms with van der Waals surface area (Å²) in [5.41, 5.74) is 2.98. The minimum atomic E-state index is -0.264. The first kappa shape index (κ1) is 21.5. The van der Waals surface area contributed by atoms with Gasteiger partial charge in [-0.1, -0.05) is 37.8 Å². The van der Waals surface area contributed by atoms with Crippen LogP contribution in [0.3, 0.4) is 0 Å². The molecule has 32 heavy (non-hydrogen) atoms. The van der Waals surface area contributed by atoms with Gasteiger partial charge in [0.15, 0.2) is 0 Å². The number of likely N-dealkylation sites (tertiary alicyclic amines) is 1. The van der Waals surface area contributed by atoms with Crippen molar-refractivity contribution < 1.29 is 9.18 Å². The van der Waals surface area contributed by atoms with Gasteiger partial charge in [0.25, 0.3) is 0 Å². The molecule has 5 rings (SSSR count). The van der Waals surface area contributed by atoms with E-state index in [9.17, 15) is 9.18 Å². The molecular weight excluding hydrogens is 403 g/mol. The van der Waals surface area contributed by atoms with E-state index >= 15 is 0 Å². The summed E-state index contributed by atoms with van der Waals surface area (Å²) in [5.74, 6) is 1.46. The summed E-state index contributed by atoms with van der Waals surface area (Å²) in [5, 5.41) is 0. The number of carbonyl (C=O) groups is 1.